The molecule has 2 fully saturated rings. The molecule has 1 saturated carbocycles. The quantitative estimate of drug-likeness (QED) is 0.395. The van der Waals surface area contributed by atoms with Crippen molar-refractivity contribution in [2.45, 2.75) is 62.8 Å². The summed E-state index contributed by atoms with van der Waals surface area (Å²) < 4.78 is 32.5. The number of ether oxygens (including phenoxy) is 1. The molecule has 9 heteroatoms. The Morgan fingerprint density at radius 1 is 1.27 bits per heavy atom. The minimum Gasteiger partial charge on any atom is -0.377 e. The lowest BCUT2D eigenvalue weighted by Gasteiger charge is -2.22. The molecule has 7 nitrogen and oxygen atoms in total. The van der Waals surface area contributed by atoms with Crippen molar-refractivity contribution in [2.24, 2.45) is 4.99 Å². The van der Waals surface area contributed by atoms with E-state index < -0.39 is 10.0 Å². The molecule has 0 bridgehead atoms. The molecule has 3 N–H and O–H groups in total. The number of hydrogen-bond donors (Lipinski definition) is 3. The summed E-state index contributed by atoms with van der Waals surface area (Å²) >= 11 is 2.02. The van der Waals surface area contributed by atoms with Gasteiger partial charge in [-0.1, -0.05) is 6.92 Å². The van der Waals surface area contributed by atoms with Gasteiger partial charge in [0.15, 0.2) is 5.96 Å². The second-order valence-electron chi connectivity index (χ2n) is 6.89. The van der Waals surface area contributed by atoms with Crippen molar-refractivity contribution in [2.75, 3.05) is 38.2 Å². The second kappa shape index (κ2) is 11.4. The SMILES string of the molecule is CCSC1CCC(NC(=NC)NCCS(=O)(=O)NCC2CCCCO2)C1. The molecule has 0 spiro atoms. The first-order chi connectivity index (χ1) is 12.5. The lowest BCUT2D eigenvalue weighted by molar-refractivity contribution is 0.0200. The Morgan fingerprint density at radius 3 is 2.81 bits per heavy atom. The lowest BCUT2D eigenvalue weighted by atomic mass is 10.1. The van der Waals surface area contributed by atoms with Crippen LogP contribution in [0.25, 0.3) is 0 Å². The lowest BCUT2D eigenvalue weighted by Crippen LogP contribution is -2.45. The average Bonchev–Trinajstić information content (AvgIpc) is 3.07. The molecule has 1 aliphatic heterocycles. The number of thioether (sulfide) groups is 1. The molecule has 2 aliphatic rings. The summed E-state index contributed by atoms with van der Waals surface area (Å²) in [4.78, 5) is 4.21. The fourth-order valence-corrected chi connectivity index (χ4v) is 5.51. The van der Waals surface area contributed by atoms with E-state index in [2.05, 4.69) is 27.3 Å². The van der Waals surface area contributed by atoms with Crippen molar-refractivity contribution in [3.63, 3.8) is 0 Å². The fraction of sp³-hybridized carbons (Fsp3) is 0.941. The Bertz CT molecular complexity index is 536. The van der Waals surface area contributed by atoms with E-state index in [1.165, 1.54) is 6.42 Å². The van der Waals surface area contributed by atoms with Gasteiger partial charge in [-0.15, -0.1) is 0 Å². The van der Waals surface area contributed by atoms with E-state index in [0.29, 0.717) is 25.1 Å². The van der Waals surface area contributed by atoms with Crippen LogP contribution in [0.4, 0.5) is 0 Å². The molecule has 3 atom stereocenters. The van der Waals surface area contributed by atoms with E-state index in [1.807, 2.05) is 11.8 Å². The predicted molar refractivity (Wildman–Crippen MR) is 109 cm³/mol. The third-order valence-corrected chi connectivity index (χ3v) is 7.40. The molecule has 3 unspecified atom stereocenters. The molecule has 0 amide bonds. The summed E-state index contributed by atoms with van der Waals surface area (Å²) in [6.07, 6.45) is 6.62. The highest BCUT2D eigenvalue weighted by Gasteiger charge is 2.25. The largest absolute Gasteiger partial charge is 0.377 e. The van der Waals surface area contributed by atoms with E-state index in [9.17, 15) is 8.42 Å². The van der Waals surface area contributed by atoms with Gasteiger partial charge in [-0.2, -0.15) is 11.8 Å². The van der Waals surface area contributed by atoms with E-state index in [1.54, 1.807) is 7.05 Å². The Labute approximate surface area is 162 Å². The topological polar surface area (TPSA) is 91.8 Å². The second-order valence-corrected chi connectivity index (χ2v) is 10.4. The van der Waals surface area contributed by atoms with Crippen LogP contribution < -0.4 is 15.4 Å². The standard InChI is InChI=1S/C17H34N4O3S2/c1-3-25-16-8-7-14(12-16)21-17(18-2)19-9-11-26(22,23)20-13-15-6-4-5-10-24-15/h14-16,20H,3-13H2,1-2H3,(H2,18,19,21). The molecule has 1 aliphatic carbocycles. The molecule has 2 rings (SSSR count). The maximum Gasteiger partial charge on any atom is 0.213 e. The van der Waals surface area contributed by atoms with E-state index in [0.717, 1.165) is 49.7 Å². The van der Waals surface area contributed by atoms with Gasteiger partial charge in [-0.25, -0.2) is 13.1 Å². The van der Waals surface area contributed by atoms with E-state index >= 15 is 0 Å². The number of hydrogen-bond acceptors (Lipinski definition) is 5. The Kier molecular flexibility index (Phi) is 9.52. The Balaban J connectivity index is 1.64. The van der Waals surface area contributed by atoms with Crippen molar-refractivity contribution >= 4 is 27.7 Å². The summed E-state index contributed by atoms with van der Waals surface area (Å²) in [5.74, 6) is 1.86. The number of nitrogens with zero attached hydrogens (tertiary/aromatic N) is 1. The first-order valence-corrected chi connectivity index (χ1v) is 12.4. The smallest absolute Gasteiger partial charge is 0.213 e. The molecule has 0 radical (unpaired) electrons. The van der Waals surface area contributed by atoms with Gasteiger partial charge >= 0.3 is 0 Å². The summed E-state index contributed by atoms with van der Waals surface area (Å²) in [5.41, 5.74) is 0. The highest BCUT2D eigenvalue weighted by molar-refractivity contribution is 7.99. The van der Waals surface area contributed by atoms with E-state index in [-0.39, 0.29) is 11.9 Å². The van der Waals surface area contributed by atoms with Crippen molar-refractivity contribution in [1.82, 2.24) is 15.4 Å². The first-order valence-electron chi connectivity index (χ1n) is 9.70. The van der Waals surface area contributed by atoms with Crippen LogP contribution in [0, 0.1) is 0 Å². The molecule has 1 heterocycles. The molecule has 0 aromatic carbocycles. The highest BCUT2D eigenvalue weighted by Crippen LogP contribution is 2.29. The minimum absolute atomic E-state index is 0.0113. The monoisotopic (exact) mass is 406 g/mol. The van der Waals surface area contributed by atoms with Gasteiger partial charge in [0.2, 0.25) is 10.0 Å². The number of guanidine groups is 1. The third kappa shape index (κ3) is 8.02. The molecule has 26 heavy (non-hydrogen) atoms. The van der Waals surface area contributed by atoms with Crippen LogP contribution in [0.3, 0.4) is 0 Å². The third-order valence-electron chi connectivity index (χ3n) is 4.82. The number of aliphatic imine (C=N–C) groups is 1. The van der Waals surface area contributed by atoms with Crippen LogP contribution in [0.2, 0.25) is 0 Å². The van der Waals surface area contributed by atoms with Gasteiger partial charge in [0.1, 0.15) is 0 Å². The van der Waals surface area contributed by atoms with Gasteiger partial charge < -0.3 is 15.4 Å². The zero-order chi connectivity index (χ0) is 18.8. The van der Waals surface area contributed by atoms with Gasteiger partial charge in [0.25, 0.3) is 0 Å². The van der Waals surface area contributed by atoms with Gasteiger partial charge in [-0.05, 0) is 44.3 Å². The molecular weight excluding hydrogens is 372 g/mol. The zero-order valence-electron chi connectivity index (χ0n) is 16.0. The number of nitrogens with one attached hydrogen (secondary N) is 3. The van der Waals surface area contributed by atoms with Crippen molar-refractivity contribution in [1.29, 1.82) is 0 Å². The van der Waals surface area contributed by atoms with Crippen LogP contribution in [0.5, 0.6) is 0 Å². The summed E-state index contributed by atoms with van der Waals surface area (Å²) in [5, 5.41) is 7.26. The van der Waals surface area contributed by atoms with Crippen LogP contribution in [0.1, 0.15) is 45.4 Å². The van der Waals surface area contributed by atoms with Crippen LogP contribution in [-0.2, 0) is 14.8 Å². The van der Waals surface area contributed by atoms with Gasteiger partial charge in [0.05, 0.1) is 11.9 Å². The maximum absolute atomic E-state index is 12.1. The molecule has 1 saturated heterocycles. The fourth-order valence-electron chi connectivity index (χ4n) is 3.41. The van der Waals surface area contributed by atoms with Crippen LogP contribution >= 0.6 is 11.8 Å². The Morgan fingerprint density at radius 2 is 2.12 bits per heavy atom. The number of sulfonamides is 1. The normalized spacial score (nSPS) is 27.5. The summed E-state index contributed by atoms with van der Waals surface area (Å²) in [6, 6.07) is 0.420. The molecule has 0 aromatic heterocycles. The zero-order valence-corrected chi connectivity index (χ0v) is 17.6. The van der Waals surface area contributed by atoms with E-state index in [4.69, 9.17) is 4.74 Å². The van der Waals surface area contributed by atoms with Gasteiger partial charge in [0, 0.05) is 38.0 Å². The summed E-state index contributed by atoms with van der Waals surface area (Å²) in [6.45, 7) is 3.63. The van der Waals surface area contributed by atoms with Crippen molar-refractivity contribution < 1.29 is 13.2 Å². The Hall–Kier alpha value is -0.510. The number of rotatable bonds is 9. The van der Waals surface area contributed by atoms with Gasteiger partial charge in [-0.3, -0.25) is 4.99 Å². The molecule has 0 aromatic rings. The predicted octanol–water partition coefficient (Wildman–Crippen LogP) is 1.31. The first kappa shape index (κ1) is 21.8. The molecule has 152 valence electrons. The van der Waals surface area contributed by atoms with Crippen molar-refractivity contribution in [3.05, 3.63) is 0 Å². The summed E-state index contributed by atoms with van der Waals surface area (Å²) in [7, 11) is -1.59. The maximum atomic E-state index is 12.1. The average molecular weight is 407 g/mol. The van der Waals surface area contributed by atoms with Crippen LogP contribution in [-0.4, -0.2) is 70.0 Å². The molecular formula is C17H34N4O3S2. The van der Waals surface area contributed by atoms with Crippen LogP contribution in [0.15, 0.2) is 4.99 Å². The minimum atomic E-state index is -3.31. The highest BCUT2D eigenvalue weighted by atomic mass is 32.2. The van der Waals surface area contributed by atoms with Crippen molar-refractivity contribution in [3.8, 4) is 0 Å².